The Morgan fingerprint density at radius 3 is 2.64 bits per heavy atom. The first-order chi connectivity index (χ1) is 6.72. The van der Waals surface area contributed by atoms with Crippen molar-refractivity contribution in [2.24, 2.45) is 0 Å². The van der Waals surface area contributed by atoms with E-state index in [2.05, 4.69) is 19.1 Å². The molecule has 1 saturated heterocycles. The summed E-state index contributed by atoms with van der Waals surface area (Å²) < 4.78 is 5.63. The van der Waals surface area contributed by atoms with Gasteiger partial charge in [-0.1, -0.05) is 30.3 Å². The first kappa shape index (κ1) is 9.69. The number of aliphatic hydroxyl groups is 1. The fraction of sp³-hybridized carbons (Fsp3) is 0.500. The molecule has 0 saturated carbocycles. The molecule has 0 amide bonds. The van der Waals surface area contributed by atoms with Gasteiger partial charge in [-0.15, -0.1) is 0 Å². The molecule has 1 aromatic carbocycles. The molecule has 1 aromatic rings. The van der Waals surface area contributed by atoms with E-state index in [1.54, 1.807) is 0 Å². The van der Waals surface area contributed by atoms with Gasteiger partial charge in [0.15, 0.2) is 0 Å². The molecule has 2 unspecified atom stereocenters. The summed E-state index contributed by atoms with van der Waals surface area (Å²) in [4.78, 5) is 0. The van der Waals surface area contributed by atoms with E-state index >= 15 is 0 Å². The number of benzene rings is 1. The van der Waals surface area contributed by atoms with Crippen LogP contribution in [0.15, 0.2) is 30.3 Å². The van der Waals surface area contributed by atoms with Crippen molar-refractivity contribution in [1.29, 1.82) is 0 Å². The molecule has 76 valence electrons. The number of hydrogen-bond acceptors (Lipinski definition) is 2. The minimum atomic E-state index is -0.0608. The standard InChI is InChI=1S/C12H16O2/c1-12(8-11(9-13)14-12)7-10-5-3-2-4-6-10/h2-6,11,13H,7-9H2,1H3. The normalized spacial score (nSPS) is 31.1. The second kappa shape index (κ2) is 3.71. The van der Waals surface area contributed by atoms with E-state index in [0.29, 0.717) is 0 Å². The molecule has 0 bridgehead atoms. The summed E-state index contributed by atoms with van der Waals surface area (Å²) in [5, 5.41) is 8.86. The van der Waals surface area contributed by atoms with Crippen molar-refractivity contribution in [2.75, 3.05) is 6.61 Å². The third-order valence-electron chi connectivity index (χ3n) is 2.74. The van der Waals surface area contributed by atoms with E-state index < -0.39 is 0 Å². The lowest BCUT2D eigenvalue weighted by molar-refractivity contribution is -0.206. The number of hydrogen-bond donors (Lipinski definition) is 1. The Labute approximate surface area is 84.5 Å². The topological polar surface area (TPSA) is 29.5 Å². The summed E-state index contributed by atoms with van der Waals surface area (Å²) in [7, 11) is 0. The van der Waals surface area contributed by atoms with Crippen molar-refractivity contribution in [3.05, 3.63) is 35.9 Å². The average Bonchev–Trinajstić information content (AvgIpc) is 2.15. The highest BCUT2D eigenvalue weighted by atomic mass is 16.5. The summed E-state index contributed by atoms with van der Waals surface area (Å²) >= 11 is 0. The van der Waals surface area contributed by atoms with Gasteiger partial charge in [0.25, 0.3) is 0 Å². The lowest BCUT2D eigenvalue weighted by Crippen LogP contribution is -2.51. The van der Waals surface area contributed by atoms with Crippen LogP contribution in [0.25, 0.3) is 0 Å². The van der Waals surface area contributed by atoms with Crippen molar-refractivity contribution in [2.45, 2.75) is 31.5 Å². The van der Waals surface area contributed by atoms with Gasteiger partial charge in [0.2, 0.25) is 0 Å². The minimum absolute atomic E-state index is 0.0590. The van der Waals surface area contributed by atoms with Crippen LogP contribution in [0, 0.1) is 0 Å². The monoisotopic (exact) mass is 192 g/mol. The SMILES string of the molecule is CC1(Cc2ccccc2)CC(CO)O1. The highest BCUT2D eigenvalue weighted by molar-refractivity contribution is 5.17. The van der Waals surface area contributed by atoms with E-state index in [-0.39, 0.29) is 18.3 Å². The largest absolute Gasteiger partial charge is 0.394 e. The molecule has 1 fully saturated rings. The van der Waals surface area contributed by atoms with Crippen molar-refractivity contribution in [3.8, 4) is 0 Å². The zero-order valence-corrected chi connectivity index (χ0v) is 8.44. The van der Waals surface area contributed by atoms with E-state index in [4.69, 9.17) is 9.84 Å². The van der Waals surface area contributed by atoms with Gasteiger partial charge in [0, 0.05) is 12.8 Å². The fourth-order valence-electron chi connectivity index (χ4n) is 2.12. The number of aliphatic hydroxyl groups excluding tert-OH is 1. The maximum absolute atomic E-state index is 8.86. The molecule has 0 radical (unpaired) electrons. The van der Waals surface area contributed by atoms with Crippen LogP contribution in [0.2, 0.25) is 0 Å². The third kappa shape index (κ3) is 1.97. The zero-order valence-electron chi connectivity index (χ0n) is 8.44. The van der Waals surface area contributed by atoms with Crippen LogP contribution in [-0.4, -0.2) is 23.4 Å². The zero-order chi connectivity index (χ0) is 10.0. The van der Waals surface area contributed by atoms with Gasteiger partial charge in [0.05, 0.1) is 18.3 Å². The van der Waals surface area contributed by atoms with Gasteiger partial charge in [-0.3, -0.25) is 0 Å². The van der Waals surface area contributed by atoms with Crippen LogP contribution in [0.1, 0.15) is 18.9 Å². The number of ether oxygens (including phenoxy) is 1. The van der Waals surface area contributed by atoms with E-state index in [9.17, 15) is 0 Å². The smallest absolute Gasteiger partial charge is 0.0840 e. The van der Waals surface area contributed by atoms with Crippen LogP contribution in [0.3, 0.4) is 0 Å². The maximum atomic E-state index is 8.86. The summed E-state index contributed by atoms with van der Waals surface area (Å²) in [5.74, 6) is 0. The van der Waals surface area contributed by atoms with E-state index in [1.807, 2.05) is 18.2 Å². The Bertz CT molecular complexity index is 288. The maximum Gasteiger partial charge on any atom is 0.0840 e. The molecule has 0 aliphatic carbocycles. The Hall–Kier alpha value is -0.860. The summed E-state index contributed by atoms with van der Waals surface area (Å²) in [5.41, 5.74) is 1.24. The molecular weight excluding hydrogens is 176 g/mol. The molecule has 1 aliphatic rings. The molecule has 2 rings (SSSR count). The highest BCUT2D eigenvalue weighted by Crippen LogP contribution is 2.34. The van der Waals surface area contributed by atoms with Crippen LogP contribution in [0.4, 0.5) is 0 Å². The molecule has 2 heteroatoms. The molecule has 2 nitrogen and oxygen atoms in total. The van der Waals surface area contributed by atoms with Gasteiger partial charge >= 0.3 is 0 Å². The van der Waals surface area contributed by atoms with Gasteiger partial charge < -0.3 is 9.84 Å². The summed E-state index contributed by atoms with van der Waals surface area (Å²) in [6.45, 7) is 2.25. The first-order valence-electron chi connectivity index (χ1n) is 5.04. The summed E-state index contributed by atoms with van der Waals surface area (Å²) in [6.07, 6.45) is 1.95. The molecule has 2 atom stereocenters. The predicted molar refractivity (Wildman–Crippen MR) is 55.1 cm³/mol. The van der Waals surface area contributed by atoms with Crippen molar-refractivity contribution in [1.82, 2.24) is 0 Å². The summed E-state index contributed by atoms with van der Waals surface area (Å²) in [6, 6.07) is 10.3. The molecular formula is C12H16O2. The molecule has 14 heavy (non-hydrogen) atoms. The molecule has 0 aromatic heterocycles. The van der Waals surface area contributed by atoms with Gasteiger partial charge in [-0.05, 0) is 12.5 Å². The highest BCUT2D eigenvalue weighted by Gasteiger charge is 2.40. The Balaban J connectivity index is 1.93. The second-order valence-corrected chi connectivity index (χ2v) is 4.24. The second-order valence-electron chi connectivity index (χ2n) is 4.24. The molecule has 1 aliphatic heterocycles. The van der Waals surface area contributed by atoms with Crippen LogP contribution >= 0.6 is 0 Å². The Morgan fingerprint density at radius 2 is 2.07 bits per heavy atom. The fourth-order valence-corrected chi connectivity index (χ4v) is 2.12. The van der Waals surface area contributed by atoms with Crippen molar-refractivity contribution in [3.63, 3.8) is 0 Å². The lowest BCUT2D eigenvalue weighted by Gasteiger charge is -2.45. The van der Waals surface area contributed by atoms with E-state index in [1.165, 1.54) is 5.56 Å². The van der Waals surface area contributed by atoms with Crippen molar-refractivity contribution >= 4 is 0 Å². The third-order valence-corrected chi connectivity index (χ3v) is 2.74. The molecule has 1 heterocycles. The first-order valence-corrected chi connectivity index (χ1v) is 5.04. The van der Waals surface area contributed by atoms with Crippen LogP contribution < -0.4 is 0 Å². The average molecular weight is 192 g/mol. The Kier molecular flexibility index (Phi) is 2.57. The quantitative estimate of drug-likeness (QED) is 0.791. The van der Waals surface area contributed by atoms with Crippen LogP contribution in [-0.2, 0) is 11.2 Å². The Morgan fingerprint density at radius 1 is 1.43 bits per heavy atom. The van der Waals surface area contributed by atoms with Gasteiger partial charge in [-0.2, -0.15) is 0 Å². The lowest BCUT2D eigenvalue weighted by atomic mass is 9.85. The van der Waals surface area contributed by atoms with Crippen LogP contribution in [0.5, 0.6) is 0 Å². The molecule has 0 spiro atoms. The van der Waals surface area contributed by atoms with Gasteiger partial charge in [0.1, 0.15) is 0 Å². The van der Waals surface area contributed by atoms with Gasteiger partial charge in [-0.25, -0.2) is 0 Å². The van der Waals surface area contributed by atoms with Crippen molar-refractivity contribution < 1.29 is 9.84 Å². The predicted octanol–water partition coefficient (Wildman–Crippen LogP) is 1.77. The minimum Gasteiger partial charge on any atom is -0.394 e. The van der Waals surface area contributed by atoms with E-state index in [0.717, 1.165) is 12.8 Å². The molecule has 1 N–H and O–H groups in total. The number of rotatable bonds is 3.